The molecule has 0 spiro atoms. The van der Waals surface area contributed by atoms with Crippen LogP contribution in [0.5, 0.6) is 11.5 Å². The number of halogens is 1. The summed E-state index contributed by atoms with van der Waals surface area (Å²) in [6, 6.07) is 14.1. The number of carbonyl (C=O) groups excluding carboxylic acids is 1. The summed E-state index contributed by atoms with van der Waals surface area (Å²) in [4.78, 5) is 10.2. The van der Waals surface area contributed by atoms with Gasteiger partial charge in [0.15, 0.2) is 0 Å². The Morgan fingerprint density at radius 3 is 2.00 bits per heavy atom. The fraction of sp³-hybridized carbons (Fsp3) is 0.350. The molecule has 0 N–H and O–H groups in total. The Morgan fingerprint density at radius 2 is 1.35 bits per heavy atom. The van der Waals surface area contributed by atoms with Gasteiger partial charge in [-0.1, -0.05) is 31.4 Å². The topological polar surface area (TPSA) is 26.3 Å². The third-order valence-corrected chi connectivity index (χ3v) is 3.76. The summed E-state index contributed by atoms with van der Waals surface area (Å²) in [5, 5.41) is 0. The molecule has 0 saturated heterocycles. The van der Waals surface area contributed by atoms with E-state index < -0.39 is 0 Å². The van der Waals surface area contributed by atoms with Gasteiger partial charge in [0.25, 0.3) is 0 Å². The number of hydrogen-bond acceptors (Lipinski definition) is 2. The Kier molecular flexibility index (Phi) is 7.31. The SMILES string of the molecule is O=CCCCCCCCc1ccc(Oc2ccc(F)cc2)cc1. The average molecular weight is 314 g/mol. The molecule has 0 heterocycles. The summed E-state index contributed by atoms with van der Waals surface area (Å²) in [7, 11) is 0. The van der Waals surface area contributed by atoms with Crippen molar-refractivity contribution in [2.75, 3.05) is 0 Å². The van der Waals surface area contributed by atoms with E-state index in [9.17, 15) is 9.18 Å². The zero-order valence-corrected chi connectivity index (χ0v) is 13.3. The van der Waals surface area contributed by atoms with Crippen LogP contribution in [-0.2, 0) is 11.2 Å². The molecule has 0 saturated carbocycles. The van der Waals surface area contributed by atoms with Crippen molar-refractivity contribution in [1.82, 2.24) is 0 Å². The molecule has 0 aliphatic carbocycles. The van der Waals surface area contributed by atoms with Crippen LogP contribution in [0.25, 0.3) is 0 Å². The van der Waals surface area contributed by atoms with Crippen LogP contribution in [0.1, 0.15) is 44.1 Å². The number of aldehydes is 1. The van der Waals surface area contributed by atoms with Crippen molar-refractivity contribution in [3.8, 4) is 11.5 Å². The van der Waals surface area contributed by atoms with Crippen LogP contribution in [0.4, 0.5) is 4.39 Å². The highest BCUT2D eigenvalue weighted by Crippen LogP contribution is 2.22. The van der Waals surface area contributed by atoms with Crippen molar-refractivity contribution in [1.29, 1.82) is 0 Å². The summed E-state index contributed by atoms with van der Waals surface area (Å²) in [6.07, 6.45) is 8.46. The van der Waals surface area contributed by atoms with Gasteiger partial charge in [-0.15, -0.1) is 0 Å². The molecule has 0 aliphatic rings. The molecule has 2 aromatic carbocycles. The predicted octanol–water partition coefficient (Wildman–Crippen LogP) is 5.70. The molecular formula is C20H23FO2. The quantitative estimate of drug-likeness (QED) is 0.415. The van der Waals surface area contributed by atoms with E-state index in [1.807, 2.05) is 12.1 Å². The van der Waals surface area contributed by atoms with Crippen molar-refractivity contribution in [2.24, 2.45) is 0 Å². The second kappa shape index (κ2) is 9.78. The zero-order valence-electron chi connectivity index (χ0n) is 13.3. The van der Waals surface area contributed by atoms with Crippen LogP contribution < -0.4 is 4.74 Å². The Balaban J connectivity index is 1.70. The third kappa shape index (κ3) is 6.64. The number of aryl methyl sites for hydroxylation is 1. The Bertz CT molecular complexity index is 576. The molecule has 0 amide bonds. The highest BCUT2D eigenvalue weighted by atomic mass is 19.1. The maximum absolute atomic E-state index is 12.8. The normalized spacial score (nSPS) is 10.5. The van der Waals surface area contributed by atoms with Crippen LogP contribution in [0.3, 0.4) is 0 Å². The highest BCUT2D eigenvalue weighted by molar-refractivity contribution is 5.48. The third-order valence-electron chi connectivity index (χ3n) is 3.76. The molecule has 2 aromatic rings. The largest absolute Gasteiger partial charge is 0.457 e. The van der Waals surface area contributed by atoms with Crippen molar-refractivity contribution >= 4 is 6.29 Å². The molecule has 2 nitrogen and oxygen atoms in total. The minimum Gasteiger partial charge on any atom is -0.457 e. The van der Waals surface area contributed by atoms with Crippen LogP contribution in [0.15, 0.2) is 48.5 Å². The Labute approximate surface area is 137 Å². The van der Waals surface area contributed by atoms with Gasteiger partial charge in [0.1, 0.15) is 23.6 Å². The van der Waals surface area contributed by atoms with Gasteiger partial charge < -0.3 is 9.53 Å². The summed E-state index contributed by atoms with van der Waals surface area (Å²) in [5.41, 5.74) is 1.30. The summed E-state index contributed by atoms with van der Waals surface area (Å²) in [5.74, 6) is 1.13. The monoisotopic (exact) mass is 314 g/mol. The number of unbranched alkanes of at least 4 members (excludes halogenated alkanes) is 5. The van der Waals surface area contributed by atoms with Gasteiger partial charge in [-0.3, -0.25) is 0 Å². The lowest BCUT2D eigenvalue weighted by atomic mass is 10.0. The average Bonchev–Trinajstić information content (AvgIpc) is 2.58. The summed E-state index contributed by atoms with van der Waals surface area (Å²) >= 11 is 0. The summed E-state index contributed by atoms with van der Waals surface area (Å²) in [6.45, 7) is 0. The first-order valence-electron chi connectivity index (χ1n) is 8.24. The van der Waals surface area contributed by atoms with E-state index >= 15 is 0 Å². The fourth-order valence-corrected chi connectivity index (χ4v) is 2.45. The number of benzene rings is 2. The predicted molar refractivity (Wildman–Crippen MR) is 90.4 cm³/mol. The van der Waals surface area contributed by atoms with E-state index in [1.54, 1.807) is 12.1 Å². The lowest BCUT2D eigenvalue weighted by molar-refractivity contribution is -0.107. The molecule has 0 aromatic heterocycles. The van der Waals surface area contributed by atoms with Crippen LogP contribution >= 0.6 is 0 Å². The minimum atomic E-state index is -0.265. The number of rotatable bonds is 10. The van der Waals surface area contributed by atoms with E-state index in [0.717, 1.165) is 31.3 Å². The molecule has 3 heteroatoms. The van der Waals surface area contributed by atoms with Gasteiger partial charge in [-0.05, 0) is 61.2 Å². The first-order valence-corrected chi connectivity index (χ1v) is 8.24. The Morgan fingerprint density at radius 1 is 0.783 bits per heavy atom. The molecule has 0 radical (unpaired) electrons. The fourth-order valence-electron chi connectivity index (χ4n) is 2.45. The van der Waals surface area contributed by atoms with E-state index in [0.29, 0.717) is 12.2 Å². The van der Waals surface area contributed by atoms with Crippen LogP contribution in [0, 0.1) is 5.82 Å². The van der Waals surface area contributed by atoms with Crippen molar-refractivity contribution < 1.29 is 13.9 Å². The lowest BCUT2D eigenvalue weighted by Gasteiger charge is -2.07. The molecule has 0 bridgehead atoms. The van der Waals surface area contributed by atoms with Gasteiger partial charge in [-0.25, -0.2) is 4.39 Å². The highest BCUT2D eigenvalue weighted by Gasteiger charge is 1.99. The zero-order chi connectivity index (χ0) is 16.3. The number of hydrogen-bond donors (Lipinski definition) is 0. The minimum absolute atomic E-state index is 0.265. The number of ether oxygens (including phenoxy) is 1. The van der Waals surface area contributed by atoms with Gasteiger partial charge in [0.2, 0.25) is 0 Å². The van der Waals surface area contributed by atoms with Crippen molar-refractivity contribution in [3.63, 3.8) is 0 Å². The number of carbonyl (C=O) groups is 1. The maximum atomic E-state index is 12.8. The van der Waals surface area contributed by atoms with Crippen molar-refractivity contribution in [2.45, 2.75) is 44.9 Å². The van der Waals surface area contributed by atoms with Gasteiger partial charge >= 0.3 is 0 Å². The van der Waals surface area contributed by atoms with E-state index in [1.165, 1.54) is 37.0 Å². The molecule has 0 fully saturated rings. The first-order chi connectivity index (χ1) is 11.3. The Hall–Kier alpha value is -2.16. The molecule has 0 atom stereocenters. The molecular weight excluding hydrogens is 291 g/mol. The van der Waals surface area contributed by atoms with Crippen LogP contribution in [-0.4, -0.2) is 6.29 Å². The molecule has 122 valence electrons. The molecule has 0 unspecified atom stereocenters. The van der Waals surface area contributed by atoms with Crippen molar-refractivity contribution in [3.05, 3.63) is 59.9 Å². The van der Waals surface area contributed by atoms with Gasteiger partial charge in [0.05, 0.1) is 0 Å². The molecule has 0 aliphatic heterocycles. The van der Waals surface area contributed by atoms with Gasteiger partial charge in [0, 0.05) is 6.42 Å². The standard InChI is InChI=1S/C20H23FO2/c21-18-10-14-20(15-11-18)23-19-12-8-17(9-13-19)7-5-3-1-2-4-6-16-22/h8-16H,1-7H2. The smallest absolute Gasteiger partial charge is 0.127 e. The van der Waals surface area contributed by atoms with E-state index in [2.05, 4.69) is 12.1 Å². The molecule has 23 heavy (non-hydrogen) atoms. The van der Waals surface area contributed by atoms with E-state index in [4.69, 9.17) is 4.74 Å². The second-order valence-corrected chi connectivity index (χ2v) is 5.67. The van der Waals surface area contributed by atoms with Crippen LogP contribution in [0.2, 0.25) is 0 Å². The lowest BCUT2D eigenvalue weighted by Crippen LogP contribution is -1.88. The van der Waals surface area contributed by atoms with Gasteiger partial charge in [-0.2, -0.15) is 0 Å². The van der Waals surface area contributed by atoms with E-state index in [-0.39, 0.29) is 5.82 Å². The summed E-state index contributed by atoms with van der Waals surface area (Å²) < 4.78 is 18.5. The first kappa shape index (κ1) is 17.2. The maximum Gasteiger partial charge on any atom is 0.127 e. The molecule has 2 rings (SSSR count). The second-order valence-electron chi connectivity index (χ2n) is 5.67.